The molecule has 0 atom stereocenters. The van der Waals surface area contributed by atoms with Crippen LogP contribution in [0.3, 0.4) is 0 Å². The summed E-state index contributed by atoms with van der Waals surface area (Å²) in [5.74, 6) is 1.76. The second kappa shape index (κ2) is 6.88. The SMILES string of the molecule is O=C(NCCc1noc(C2CCCC2)n1)Nc1cccn2cnnc12. The summed E-state index contributed by atoms with van der Waals surface area (Å²) >= 11 is 0. The average Bonchev–Trinajstić information content (AvgIpc) is 3.36. The number of rotatable bonds is 5. The Bertz CT molecular complexity index is 866. The highest BCUT2D eigenvalue weighted by Crippen LogP contribution is 2.32. The van der Waals surface area contributed by atoms with Gasteiger partial charge in [0.2, 0.25) is 5.89 Å². The Hall–Kier alpha value is -2.97. The van der Waals surface area contributed by atoms with E-state index >= 15 is 0 Å². The Balaban J connectivity index is 1.28. The molecule has 3 aromatic heterocycles. The normalized spacial score (nSPS) is 14.9. The number of urea groups is 1. The number of carbonyl (C=O) groups excluding carboxylic acids is 1. The van der Waals surface area contributed by atoms with Crippen LogP contribution in [-0.4, -0.2) is 37.3 Å². The first-order valence-electron chi connectivity index (χ1n) is 8.45. The molecule has 0 spiro atoms. The van der Waals surface area contributed by atoms with E-state index in [0.717, 1.165) is 18.7 Å². The fourth-order valence-corrected chi connectivity index (χ4v) is 3.11. The van der Waals surface area contributed by atoms with E-state index in [1.807, 2.05) is 12.3 Å². The van der Waals surface area contributed by atoms with Crippen LogP contribution in [0.25, 0.3) is 5.65 Å². The smallest absolute Gasteiger partial charge is 0.319 e. The molecule has 9 nitrogen and oxygen atoms in total. The third-order valence-electron chi connectivity index (χ3n) is 4.39. The van der Waals surface area contributed by atoms with Crippen molar-refractivity contribution in [3.05, 3.63) is 36.4 Å². The molecule has 1 aliphatic rings. The van der Waals surface area contributed by atoms with E-state index < -0.39 is 0 Å². The molecule has 3 aromatic rings. The van der Waals surface area contributed by atoms with Gasteiger partial charge in [-0.2, -0.15) is 4.98 Å². The minimum atomic E-state index is -0.310. The predicted molar refractivity (Wildman–Crippen MR) is 89.2 cm³/mol. The van der Waals surface area contributed by atoms with E-state index in [1.54, 1.807) is 16.8 Å². The molecule has 2 N–H and O–H groups in total. The minimum absolute atomic E-state index is 0.310. The number of hydrogen-bond acceptors (Lipinski definition) is 6. The molecule has 3 heterocycles. The molecule has 25 heavy (non-hydrogen) atoms. The van der Waals surface area contributed by atoms with E-state index in [0.29, 0.717) is 36.0 Å². The fraction of sp³-hybridized carbons (Fsp3) is 0.438. The summed E-state index contributed by atoms with van der Waals surface area (Å²) in [7, 11) is 0. The van der Waals surface area contributed by atoms with Gasteiger partial charge in [0, 0.05) is 25.1 Å². The van der Waals surface area contributed by atoms with Gasteiger partial charge in [-0.05, 0) is 25.0 Å². The number of nitrogens with zero attached hydrogens (tertiary/aromatic N) is 5. The lowest BCUT2D eigenvalue weighted by Gasteiger charge is -2.07. The van der Waals surface area contributed by atoms with E-state index in [4.69, 9.17) is 4.52 Å². The molecule has 1 fully saturated rings. The summed E-state index contributed by atoms with van der Waals surface area (Å²) in [6.07, 6.45) is 8.62. The van der Waals surface area contributed by atoms with Crippen LogP contribution >= 0.6 is 0 Å². The number of amides is 2. The van der Waals surface area contributed by atoms with Crippen molar-refractivity contribution in [3.8, 4) is 0 Å². The van der Waals surface area contributed by atoms with Crippen LogP contribution in [0.1, 0.15) is 43.3 Å². The van der Waals surface area contributed by atoms with E-state index in [9.17, 15) is 4.79 Å². The zero-order valence-corrected chi connectivity index (χ0v) is 13.7. The van der Waals surface area contributed by atoms with Gasteiger partial charge in [0.25, 0.3) is 0 Å². The van der Waals surface area contributed by atoms with Crippen molar-refractivity contribution < 1.29 is 9.32 Å². The summed E-state index contributed by atoms with van der Waals surface area (Å²) in [6, 6.07) is 3.28. The Morgan fingerprint density at radius 2 is 2.24 bits per heavy atom. The molecule has 0 aromatic carbocycles. The zero-order chi connectivity index (χ0) is 17.1. The lowest BCUT2D eigenvalue weighted by molar-refractivity contribution is 0.252. The number of anilines is 1. The summed E-state index contributed by atoms with van der Waals surface area (Å²) in [6.45, 7) is 0.422. The first kappa shape index (κ1) is 15.6. The maximum Gasteiger partial charge on any atom is 0.319 e. The highest BCUT2D eigenvalue weighted by atomic mass is 16.5. The molecule has 9 heteroatoms. The number of aromatic nitrogens is 5. The van der Waals surface area contributed by atoms with Crippen molar-refractivity contribution in [2.75, 3.05) is 11.9 Å². The summed E-state index contributed by atoms with van der Waals surface area (Å²) < 4.78 is 7.07. The van der Waals surface area contributed by atoms with Crippen molar-refractivity contribution in [1.29, 1.82) is 0 Å². The van der Waals surface area contributed by atoms with Crippen LogP contribution in [0, 0.1) is 0 Å². The number of carbonyl (C=O) groups is 1. The molecule has 0 radical (unpaired) electrons. The fourth-order valence-electron chi connectivity index (χ4n) is 3.11. The maximum atomic E-state index is 12.0. The first-order chi connectivity index (χ1) is 12.3. The van der Waals surface area contributed by atoms with Gasteiger partial charge in [0.15, 0.2) is 11.5 Å². The van der Waals surface area contributed by atoms with Crippen molar-refractivity contribution in [2.24, 2.45) is 0 Å². The monoisotopic (exact) mass is 341 g/mol. The molecular formula is C16H19N7O2. The number of pyridine rings is 1. The van der Waals surface area contributed by atoms with Crippen molar-refractivity contribution in [3.63, 3.8) is 0 Å². The molecular weight excluding hydrogens is 322 g/mol. The average molecular weight is 341 g/mol. The summed E-state index contributed by atoms with van der Waals surface area (Å²) in [5, 5.41) is 17.4. The second-order valence-corrected chi connectivity index (χ2v) is 6.14. The Morgan fingerprint density at radius 1 is 1.36 bits per heavy atom. The van der Waals surface area contributed by atoms with Crippen molar-refractivity contribution in [2.45, 2.75) is 38.0 Å². The zero-order valence-electron chi connectivity index (χ0n) is 13.7. The lowest BCUT2D eigenvalue weighted by Crippen LogP contribution is -2.30. The van der Waals surface area contributed by atoms with Crippen LogP contribution in [-0.2, 0) is 6.42 Å². The number of fused-ring (bicyclic) bond motifs is 1. The molecule has 130 valence electrons. The van der Waals surface area contributed by atoms with E-state index in [-0.39, 0.29) is 6.03 Å². The largest absolute Gasteiger partial charge is 0.339 e. The molecule has 0 aliphatic heterocycles. The van der Waals surface area contributed by atoms with Crippen LogP contribution in [0.2, 0.25) is 0 Å². The molecule has 0 unspecified atom stereocenters. The van der Waals surface area contributed by atoms with Gasteiger partial charge in [0.05, 0.1) is 5.69 Å². The van der Waals surface area contributed by atoms with Crippen LogP contribution in [0.15, 0.2) is 29.2 Å². The van der Waals surface area contributed by atoms with Crippen LogP contribution in [0.4, 0.5) is 10.5 Å². The Labute approximate surface area is 143 Å². The maximum absolute atomic E-state index is 12.0. The third-order valence-corrected chi connectivity index (χ3v) is 4.39. The molecule has 0 saturated heterocycles. The first-order valence-corrected chi connectivity index (χ1v) is 8.45. The predicted octanol–water partition coefficient (Wildman–Crippen LogP) is 2.13. The van der Waals surface area contributed by atoms with E-state index in [2.05, 4.69) is 31.0 Å². The molecule has 1 aliphatic carbocycles. The van der Waals surface area contributed by atoms with Gasteiger partial charge < -0.3 is 15.2 Å². The molecule has 1 saturated carbocycles. The number of nitrogens with one attached hydrogen (secondary N) is 2. The Morgan fingerprint density at radius 3 is 3.12 bits per heavy atom. The van der Waals surface area contributed by atoms with Gasteiger partial charge in [0.1, 0.15) is 6.33 Å². The van der Waals surface area contributed by atoms with Crippen LogP contribution < -0.4 is 10.6 Å². The molecule has 0 bridgehead atoms. The highest BCUT2D eigenvalue weighted by Gasteiger charge is 2.22. The minimum Gasteiger partial charge on any atom is -0.339 e. The molecule has 4 rings (SSSR count). The topological polar surface area (TPSA) is 110 Å². The second-order valence-electron chi connectivity index (χ2n) is 6.14. The molecule has 2 amide bonds. The number of hydrogen-bond donors (Lipinski definition) is 2. The summed E-state index contributed by atoms with van der Waals surface area (Å²) in [4.78, 5) is 16.5. The highest BCUT2D eigenvalue weighted by molar-refractivity contribution is 5.92. The van der Waals surface area contributed by atoms with Gasteiger partial charge >= 0.3 is 6.03 Å². The van der Waals surface area contributed by atoms with Crippen LogP contribution in [0.5, 0.6) is 0 Å². The van der Waals surface area contributed by atoms with Gasteiger partial charge in [-0.25, -0.2) is 4.79 Å². The van der Waals surface area contributed by atoms with Crippen molar-refractivity contribution in [1.82, 2.24) is 30.1 Å². The standard InChI is InChI=1S/C16H19N7O2/c24-16(19-12-6-3-9-23-10-18-21-14(12)23)17-8-7-13-20-15(25-22-13)11-4-1-2-5-11/h3,6,9-11H,1-2,4-5,7-8H2,(H2,17,19,24). The Kier molecular flexibility index (Phi) is 4.28. The third kappa shape index (κ3) is 3.44. The quantitative estimate of drug-likeness (QED) is 0.735. The van der Waals surface area contributed by atoms with Crippen molar-refractivity contribution >= 4 is 17.4 Å². The summed E-state index contributed by atoms with van der Waals surface area (Å²) in [5.41, 5.74) is 1.19. The van der Waals surface area contributed by atoms with Gasteiger partial charge in [-0.1, -0.05) is 18.0 Å². The lowest BCUT2D eigenvalue weighted by atomic mass is 10.1. The van der Waals surface area contributed by atoms with Gasteiger partial charge in [-0.3, -0.25) is 4.40 Å². The van der Waals surface area contributed by atoms with E-state index in [1.165, 1.54) is 12.8 Å². The van der Waals surface area contributed by atoms with Gasteiger partial charge in [-0.15, -0.1) is 10.2 Å².